The molecule has 4 nitrogen and oxygen atoms in total. The van der Waals surface area contributed by atoms with Crippen molar-refractivity contribution in [2.75, 3.05) is 6.61 Å². The van der Waals surface area contributed by atoms with E-state index in [1.165, 1.54) is 51.4 Å². The molecule has 31 heavy (non-hydrogen) atoms. The van der Waals surface area contributed by atoms with Crippen molar-refractivity contribution in [2.45, 2.75) is 97.5 Å². The smallest absolute Gasteiger partial charge is 0.303 e. The third kappa shape index (κ3) is 3.42. The summed E-state index contributed by atoms with van der Waals surface area (Å²) in [6, 6.07) is 0. The molecule has 5 rings (SSSR count). The second kappa shape index (κ2) is 7.85. The molecule has 174 valence electrons. The van der Waals surface area contributed by atoms with Crippen LogP contribution in [0.25, 0.3) is 0 Å². The Bertz CT molecular complexity index is 729. The van der Waals surface area contributed by atoms with Crippen molar-refractivity contribution in [1.29, 1.82) is 0 Å². The van der Waals surface area contributed by atoms with Crippen molar-refractivity contribution in [3.8, 4) is 0 Å². The molecule has 0 bridgehead atoms. The van der Waals surface area contributed by atoms with E-state index in [0.29, 0.717) is 40.8 Å². The highest BCUT2D eigenvalue weighted by Gasteiger charge is 2.66. The first kappa shape index (κ1) is 21.9. The molecule has 1 saturated heterocycles. The summed E-state index contributed by atoms with van der Waals surface area (Å²) in [7, 11) is 0. The van der Waals surface area contributed by atoms with Crippen LogP contribution in [0.15, 0.2) is 0 Å². The van der Waals surface area contributed by atoms with E-state index in [2.05, 4.69) is 20.8 Å². The van der Waals surface area contributed by atoms with Crippen LogP contribution in [-0.4, -0.2) is 29.6 Å². The van der Waals surface area contributed by atoms with Gasteiger partial charge in [-0.1, -0.05) is 33.6 Å². The summed E-state index contributed by atoms with van der Waals surface area (Å²) in [4.78, 5) is 25.1. The Morgan fingerprint density at radius 2 is 1.74 bits per heavy atom. The van der Waals surface area contributed by atoms with Gasteiger partial charge in [0.15, 0.2) is 0 Å². The normalized spacial score (nSPS) is 49.6. The van der Waals surface area contributed by atoms with Crippen molar-refractivity contribution in [1.82, 2.24) is 0 Å². The Balaban J connectivity index is 1.40. The molecule has 5 fully saturated rings. The van der Waals surface area contributed by atoms with E-state index in [0.717, 1.165) is 19.4 Å². The van der Waals surface area contributed by atoms with Crippen LogP contribution >= 0.6 is 0 Å². The van der Waals surface area contributed by atoms with Crippen LogP contribution in [0.1, 0.15) is 91.4 Å². The van der Waals surface area contributed by atoms with Gasteiger partial charge < -0.3 is 9.84 Å². The molecular formula is C27H42O4. The number of aliphatic carboxylic acids is 1. The standard InChI is InChI=1S/C27H42O4/c1-16(7-6-9-22(28)29)17-10-11-19-23-20(12-14-27(17,19)3)26(2)13-5-4-8-18(26)24(25(23)30)21-15-31-21/h16-21,23-24H,4-15H2,1-3H3,(H,28,29)/t16?,17-,18+,19+,20+,21?,23+,24+,26+,27-/m1/s1. The van der Waals surface area contributed by atoms with Crippen LogP contribution in [0.4, 0.5) is 0 Å². The number of ether oxygens (including phenoxy) is 1. The van der Waals surface area contributed by atoms with Gasteiger partial charge in [0.1, 0.15) is 5.78 Å². The number of ketones is 1. The third-order valence-corrected chi connectivity index (χ3v) is 11.1. The fourth-order valence-corrected chi connectivity index (χ4v) is 9.59. The third-order valence-electron chi connectivity index (χ3n) is 11.1. The Hall–Kier alpha value is -0.900. The highest BCUT2D eigenvalue weighted by Crippen LogP contribution is 2.69. The van der Waals surface area contributed by atoms with E-state index in [1.54, 1.807) is 0 Å². The summed E-state index contributed by atoms with van der Waals surface area (Å²) < 4.78 is 5.78. The maximum Gasteiger partial charge on any atom is 0.303 e. The zero-order valence-electron chi connectivity index (χ0n) is 19.8. The predicted octanol–water partition coefficient (Wildman–Crippen LogP) is 5.73. The van der Waals surface area contributed by atoms with Gasteiger partial charge >= 0.3 is 5.97 Å². The van der Waals surface area contributed by atoms with E-state index in [-0.39, 0.29) is 29.8 Å². The lowest BCUT2D eigenvalue weighted by Gasteiger charge is -2.61. The van der Waals surface area contributed by atoms with E-state index in [4.69, 9.17) is 9.84 Å². The van der Waals surface area contributed by atoms with Gasteiger partial charge in [0.05, 0.1) is 12.7 Å². The van der Waals surface area contributed by atoms with Crippen LogP contribution in [-0.2, 0) is 14.3 Å². The van der Waals surface area contributed by atoms with Gasteiger partial charge in [0.2, 0.25) is 0 Å². The molecular weight excluding hydrogens is 388 g/mol. The molecule has 1 heterocycles. The lowest BCUT2D eigenvalue weighted by Crippen LogP contribution is -2.60. The minimum Gasteiger partial charge on any atom is -0.481 e. The quantitative estimate of drug-likeness (QED) is 0.546. The van der Waals surface area contributed by atoms with E-state index in [9.17, 15) is 9.59 Å². The van der Waals surface area contributed by atoms with Crippen LogP contribution in [0, 0.1) is 52.3 Å². The van der Waals surface area contributed by atoms with E-state index < -0.39 is 5.97 Å². The maximum absolute atomic E-state index is 14.1. The number of epoxide rings is 1. The Morgan fingerprint density at radius 1 is 1.03 bits per heavy atom. The van der Waals surface area contributed by atoms with Crippen molar-refractivity contribution in [2.24, 2.45) is 52.3 Å². The SMILES string of the molecule is CC(CCCC(=O)O)[C@H]1CC[C@H]2[C@@H]3C(=O)[C@H](C4CO4)[C@@H]4CCCC[C@]4(C)[C@H]3CC[C@]12C. The lowest BCUT2D eigenvalue weighted by molar-refractivity contribution is -0.169. The van der Waals surface area contributed by atoms with Gasteiger partial charge in [-0.05, 0) is 91.8 Å². The Kier molecular flexibility index (Phi) is 5.55. The average Bonchev–Trinajstić information content (AvgIpc) is 3.48. The van der Waals surface area contributed by atoms with Crippen LogP contribution in [0.5, 0.6) is 0 Å². The number of hydrogen-bond acceptors (Lipinski definition) is 3. The Morgan fingerprint density at radius 3 is 2.45 bits per heavy atom. The molecule has 0 radical (unpaired) electrons. The minimum absolute atomic E-state index is 0.154. The predicted molar refractivity (Wildman–Crippen MR) is 119 cm³/mol. The van der Waals surface area contributed by atoms with Gasteiger partial charge in [-0.2, -0.15) is 0 Å². The fourth-order valence-electron chi connectivity index (χ4n) is 9.59. The molecule has 2 unspecified atom stereocenters. The number of Topliss-reactive ketones (excluding diaryl/α,β-unsaturated/α-hetero) is 1. The molecule has 0 amide bonds. The highest BCUT2D eigenvalue weighted by molar-refractivity contribution is 5.87. The molecule has 10 atom stereocenters. The zero-order chi connectivity index (χ0) is 22.0. The van der Waals surface area contributed by atoms with Crippen molar-refractivity contribution < 1.29 is 19.4 Å². The topological polar surface area (TPSA) is 66.9 Å². The van der Waals surface area contributed by atoms with Crippen LogP contribution in [0.3, 0.4) is 0 Å². The molecule has 1 aliphatic heterocycles. The second-order valence-electron chi connectivity index (χ2n) is 12.4. The molecule has 0 spiro atoms. The summed E-state index contributed by atoms with van der Waals surface area (Å²) in [6.07, 6.45) is 12.3. The summed E-state index contributed by atoms with van der Waals surface area (Å²) in [5.41, 5.74) is 0.562. The monoisotopic (exact) mass is 430 g/mol. The number of fused-ring (bicyclic) bond motifs is 5. The molecule has 5 aliphatic rings. The van der Waals surface area contributed by atoms with Gasteiger partial charge in [-0.25, -0.2) is 0 Å². The number of carbonyl (C=O) groups is 2. The van der Waals surface area contributed by atoms with Gasteiger partial charge in [-0.15, -0.1) is 0 Å². The fraction of sp³-hybridized carbons (Fsp3) is 0.926. The molecule has 4 aliphatic carbocycles. The van der Waals surface area contributed by atoms with Crippen molar-refractivity contribution in [3.05, 3.63) is 0 Å². The van der Waals surface area contributed by atoms with Gasteiger partial charge in [0, 0.05) is 18.3 Å². The molecule has 0 aromatic rings. The van der Waals surface area contributed by atoms with Crippen molar-refractivity contribution >= 4 is 11.8 Å². The summed E-state index contributed by atoms with van der Waals surface area (Å²) >= 11 is 0. The molecule has 4 saturated carbocycles. The number of carboxylic acid groups (broad SMARTS) is 1. The molecule has 0 aromatic carbocycles. The minimum atomic E-state index is -0.681. The van der Waals surface area contributed by atoms with E-state index >= 15 is 0 Å². The average molecular weight is 431 g/mol. The summed E-state index contributed by atoms with van der Waals surface area (Å²) in [5, 5.41) is 9.03. The highest BCUT2D eigenvalue weighted by atomic mass is 16.6. The van der Waals surface area contributed by atoms with Crippen LogP contribution in [0.2, 0.25) is 0 Å². The first-order valence-corrected chi connectivity index (χ1v) is 13.1. The van der Waals surface area contributed by atoms with Gasteiger partial charge in [-0.3, -0.25) is 9.59 Å². The van der Waals surface area contributed by atoms with Gasteiger partial charge in [0.25, 0.3) is 0 Å². The molecule has 0 aromatic heterocycles. The number of hydrogen-bond donors (Lipinski definition) is 1. The number of carboxylic acids is 1. The zero-order valence-corrected chi connectivity index (χ0v) is 19.8. The Labute approximate surface area is 187 Å². The first-order chi connectivity index (χ1) is 14.8. The largest absolute Gasteiger partial charge is 0.481 e. The van der Waals surface area contributed by atoms with E-state index in [1.807, 2.05) is 0 Å². The number of carbonyl (C=O) groups excluding carboxylic acids is 1. The first-order valence-electron chi connectivity index (χ1n) is 13.1. The van der Waals surface area contributed by atoms with Crippen molar-refractivity contribution in [3.63, 3.8) is 0 Å². The summed E-state index contributed by atoms with van der Waals surface area (Å²) in [6.45, 7) is 8.17. The number of rotatable bonds is 6. The second-order valence-corrected chi connectivity index (χ2v) is 12.4. The maximum atomic E-state index is 14.1. The summed E-state index contributed by atoms with van der Waals surface area (Å²) in [5.74, 6) is 3.10. The van der Waals surface area contributed by atoms with Crippen LogP contribution < -0.4 is 0 Å². The lowest BCUT2D eigenvalue weighted by atomic mass is 9.42. The molecule has 1 N–H and O–H groups in total. The molecule has 4 heteroatoms.